The number of amides is 2. The van der Waals surface area contributed by atoms with Gasteiger partial charge in [0.25, 0.3) is 11.8 Å². The predicted octanol–water partition coefficient (Wildman–Crippen LogP) is 5.77. The second kappa shape index (κ2) is 7.54. The van der Waals surface area contributed by atoms with Crippen molar-refractivity contribution in [1.82, 2.24) is 4.90 Å². The third kappa shape index (κ3) is 3.05. The van der Waals surface area contributed by atoms with Crippen molar-refractivity contribution in [2.75, 3.05) is 18.0 Å². The number of carbonyl (C=O) groups is 2. The summed E-state index contributed by atoms with van der Waals surface area (Å²) in [5.74, 6) is -0.402. The Morgan fingerprint density at radius 3 is 2.10 bits per heavy atom. The molecule has 0 radical (unpaired) electrons. The van der Waals surface area contributed by atoms with E-state index in [4.69, 9.17) is 11.6 Å². The fourth-order valence-corrected chi connectivity index (χ4v) is 5.04. The third-order valence-electron chi connectivity index (χ3n) is 6.42. The second-order valence-electron chi connectivity index (χ2n) is 8.18. The van der Waals surface area contributed by atoms with Crippen molar-refractivity contribution in [1.29, 1.82) is 0 Å². The summed E-state index contributed by atoms with van der Waals surface area (Å²) in [5, 5.41) is -0.196. The molecule has 0 bridgehead atoms. The molecule has 2 aliphatic heterocycles. The molecule has 156 valence electrons. The SMILES string of the molecule is Cc1ccc2c(c1C)N(CCCN1C(=O)c3ccccc3C1=O)c1ccccc1C2Cl. The Bertz CT molecular complexity index is 1180. The Morgan fingerprint density at radius 2 is 1.39 bits per heavy atom. The molecule has 1 atom stereocenters. The van der Waals surface area contributed by atoms with Crippen LogP contribution in [0.1, 0.15) is 54.8 Å². The predicted molar refractivity (Wildman–Crippen MR) is 123 cm³/mol. The van der Waals surface area contributed by atoms with Gasteiger partial charge in [0.1, 0.15) is 0 Å². The van der Waals surface area contributed by atoms with Gasteiger partial charge in [-0.05, 0) is 60.7 Å². The second-order valence-corrected chi connectivity index (χ2v) is 8.62. The fraction of sp³-hybridized carbons (Fsp3) is 0.231. The minimum absolute atomic E-state index is 0.196. The van der Waals surface area contributed by atoms with E-state index in [-0.39, 0.29) is 17.2 Å². The van der Waals surface area contributed by atoms with E-state index in [1.165, 1.54) is 16.0 Å². The molecule has 5 heteroatoms. The third-order valence-corrected chi connectivity index (χ3v) is 6.89. The van der Waals surface area contributed by atoms with Gasteiger partial charge in [0, 0.05) is 24.5 Å². The number of halogens is 1. The number of rotatable bonds is 4. The number of alkyl halides is 1. The standard InChI is InChI=1S/C26H23ClN2O2/c1-16-12-13-21-23(27)20-10-5-6-11-22(20)28(24(21)17(16)2)14-7-15-29-25(30)18-8-3-4-9-19(18)26(29)31/h3-6,8-13,23H,7,14-15H2,1-2H3. The van der Waals surface area contributed by atoms with E-state index in [9.17, 15) is 9.59 Å². The van der Waals surface area contributed by atoms with Crippen LogP contribution in [0.3, 0.4) is 0 Å². The summed E-state index contributed by atoms with van der Waals surface area (Å²) in [6.45, 7) is 5.31. The van der Waals surface area contributed by atoms with Gasteiger partial charge in [-0.25, -0.2) is 0 Å². The average Bonchev–Trinajstić information content (AvgIpc) is 3.03. The number of benzene rings is 3. The van der Waals surface area contributed by atoms with Crippen molar-refractivity contribution in [3.8, 4) is 0 Å². The number of para-hydroxylation sites is 1. The molecule has 2 amide bonds. The highest BCUT2D eigenvalue weighted by atomic mass is 35.5. The van der Waals surface area contributed by atoms with E-state index in [1.807, 2.05) is 12.1 Å². The molecule has 0 saturated heterocycles. The molecule has 0 saturated carbocycles. The Morgan fingerprint density at radius 1 is 0.774 bits per heavy atom. The van der Waals surface area contributed by atoms with Crippen molar-refractivity contribution >= 4 is 34.8 Å². The van der Waals surface area contributed by atoms with Crippen LogP contribution in [0.4, 0.5) is 11.4 Å². The molecule has 4 nitrogen and oxygen atoms in total. The number of nitrogens with zero attached hydrogens (tertiary/aromatic N) is 2. The zero-order chi connectivity index (χ0) is 21.7. The van der Waals surface area contributed by atoms with Crippen LogP contribution < -0.4 is 4.90 Å². The van der Waals surface area contributed by atoms with Gasteiger partial charge >= 0.3 is 0 Å². The van der Waals surface area contributed by atoms with Crippen LogP contribution in [0.5, 0.6) is 0 Å². The van der Waals surface area contributed by atoms with Crippen molar-refractivity contribution in [2.24, 2.45) is 0 Å². The summed E-state index contributed by atoms with van der Waals surface area (Å²) in [6.07, 6.45) is 0.666. The Hall–Kier alpha value is -3.11. The molecule has 3 aromatic rings. The van der Waals surface area contributed by atoms with Crippen LogP contribution in [0, 0.1) is 13.8 Å². The van der Waals surface area contributed by atoms with Crippen molar-refractivity contribution in [3.63, 3.8) is 0 Å². The van der Waals surface area contributed by atoms with E-state index >= 15 is 0 Å². The first kappa shape index (κ1) is 19.8. The summed E-state index contributed by atoms with van der Waals surface area (Å²) in [4.78, 5) is 29.1. The first-order valence-electron chi connectivity index (χ1n) is 10.5. The smallest absolute Gasteiger partial charge is 0.261 e. The van der Waals surface area contributed by atoms with Crippen LogP contribution in [0.15, 0.2) is 60.7 Å². The van der Waals surface area contributed by atoms with Crippen LogP contribution in [0.25, 0.3) is 0 Å². The van der Waals surface area contributed by atoms with Crippen LogP contribution in [-0.4, -0.2) is 29.8 Å². The van der Waals surface area contributed by atoms with Gasteiger partial charge in [-0.1, -0.05) is 42.5 Å². The molecule has 0 aromatic heterocycles. The van der Waals surface area contributed by atoms with Crippen LogP contribution in [0.2, 0.25) is 0 Å². The number of imide groups is 1. The van der Waals surface area contributed by atoms with Gasteiger partial charge in [0.05, 0.1) is 16.5 Å². The molecule has 0 N–H and O–H groups in total. The minimum atomic E-state index is -0.201. The summed E-state index contributed by atoms with van der Waals surface area (Å²) in [7, 11) is 0. The Kier molecular flexibility index (Phi) is 4.82. The van der Waals surface area contributed by atoms with E-state index in [0.717, 1.165) is 22.5 Å². The van der Waals surface area contributed by atoms with E-state index in [0.29, 0.717) is 30.6 Å². The number of fused-ring (bicyclic) bond motifs is 3. The van der Waals surface area contributed by atoms with Gasteiger partial charge in [-0.2, -0.15) is 0 Å². The summed E-state index contributed by atoms with van der Waals surface area (Å²) in [5.41, 5.74) is 7.83. The summed E-state index contributed by atoms with van der Waals surface area (Å²) in [6, 6.07) is 19.5. The highest BCUT2D eigenvalue weighted by molar-refractivity contribution is 6.24. The Balaban J connectivity index is 1.43. The number of carbonyl (C=O) groups excluding carboxylic acids is 2. The maximum atomic E-state index is 12.7. The lowest BCUT2D eigenvalue weighted by Crippen LogP contribution is -2.34. The average molecular weight is 431 g/mol. The molecule has 3 aromatic carbocycles. The zero-order valence-corrected chi connectivity index (χ0v) is 18.3. The lowest BCUT2D eigenvalue weighted by atomic mass is 9.91. The number of hydrogen-bond acceptors (Lipinski definition) is 3. The molecule has 2 aliphatic rings. The van der Waals surface area contributed by atoms with Gasteiger partial charge in [0.15, 0.2) is 0 Å². The highest BCUT2D eigenvalue weighted by Crippen LogP contribution is 2.49. The maximum Gasteiger partial charge on any atom is 0.261 e. The quantitative estimate of drug-likeness (QED) is 0.389. The fourth-order valence-electron chi connectivity index (χ4n) is 4.68. The monoisotopic (exact) mass is 430 g/mol. The number of hydrogen-bond donors (Lipinski definition) is 0. The van der Waals surface area contributed by atoms with Gasteiger partial charge in [0.2, 0.25) is 0 Å². The van der Waals surface area contributed by atoms with Gasteiger partial charge in [-0.15, -0.1) is 11.6 Å². The van der Waals surface area contributed by atoms with Crippen molar-refractivity contribution in [2.45, 2.75) is 25.6 Å². The van der Waals surface area contributed by atoms with Crippen molar-refractivity contribution < 1.29 is 9.59 Å². The lowest BCUT2D eigenvalue weighted by Gasteiger charge is -2.37. The molecule has 0 spiro atoms. The van der Waals surface area contributed by atoms with Crippen LogP contribution in [-0.2, 0) is 0 Å². The zero-order valence-electron chi connectivity index (χ0n) is 17.6. The molecule has 0 aliphatic carbocycles. The van der Waals surface area contributed by atoms with Gasteiger partial charge < -0.3 is 4.90 Å². The van der Waals surface area contributed by atoms with E-state index < -0.39 is 0 Å². The number of anilines is 2. The molecule has 0 fully saturated rings. The Labute approximate surface area is 187 Å². The first-order valence-corrected chi connectivity index (χ1v) is 11.0. The molecular weight excluding hydrogens is 408 g/mol. The summed E-state index contributed by atoms with van der Waals surface area (Å²) >= 11 is 6.87. The summed E-state index contributed by atoms with van der Waals surface area (Å²) < 4.78 is 0. The van der Waals surface area contributed by atoms with E-state index in [2.05, 4.69) is 43.0 Å². The molecular formula is C26H23ClN2O2. The highest BCUT2D eigenvalue weighted by Gasteiger charge is 2.35. The minimum Gasteiger partial charge on any atom is -0.341 e. The lowest BCUT2D eigenvalue weighted by molar-refractivity contribution is 0.0653. The van der Waals surface area contributed by atoms with E-state index in [1.54, 1.807) is 24.3 Å². The van der Waals surface area contributed by atoms with Gasteiger partial charge in [-0.3, -0.25) is 14.5 Å². The number of aryl methyl sites for hydroxylation is 1. The molecule has 1 unspecified atom stereocenters. The molecule has 2 heterocycles. The molecule has 31 heavy (non-hydrogen) atoms. The normalized spacial score (nSPS) is 16.9. The van der Waals surface area contributed by atoms with Crippen LogP contribution >= 0.6 is 11.6 Å². The van der Waals surface area contributed by atoms with Crippen molar-refractivity contribution in [3.05, 3.63) is 94.0 Å². The topological polar surface area (TPSA) is 40.6 Å². The largest absolute Gasteiger partial charge is 0.341 e. The molecule has 5 rings (SSSR count). The first-order chi connectivity index (χ1) is 15.0. The maximum absolute atomic E-state index is 12.7.